The van der Waals surface area contributed by atoms with Crippen LogP contribution in [0.4, 0.5) is 10.1 Å². The molecule has 2 nitrogen and oxygen atoms in total. The van der Waals surface area contributed by atoms with Crippen molar-refractivity contribution in [2.24, 2.45) is 0 Å². The summed E-state index contributed by atoms with van der Waals surface area (Å²) in [6.45, 7) is 1.85. The third-order valence-electron chi connectivity index (χ3n) is 2.47. The zero-order valence-electron chi connectivity index (χ0n) is 8.29. The van der Waals surface area contributed by atoms with Gasteiger partial charge in [0.1, 0.15) is 5.82 Å². The number of hydrogen-bond acceptors (Lipinski definition) is 3. The fourth-order valence-electron chi connectivity index (χ4n) is 1.67. The van der Waals surface area contributed by atoms with E-state index in [1.807, 2.05) is 6.92 Å². The molecule has 0 aliphatic carbocycles. The second kappa shape index (κ2) is 3.70. The summed E-state index contributed by atoms with van der Waals surface area (Å²) in [5, 5.41) is 0.396. The van der Waals surface area contributed by atoms with Gasteiger partial charge in [0.15, 0.2) is 0 Å². The van der Waals surface area contributed by atoms with Crippen molar-refractivity contribution >= 4 is 29.2 Å². The van der Waals surface area contributed by atoms with Crippen molar-refractivity contribution in [2.45, 2.75) is 12.7 Å². The SMILES string of the molecule is Cc1nc2cccc(F)c2c(N)c1CS. The second-order valence-corrected chi connectivity index (χ2v) is 3.70. The van der Waals surface area contributed by atoms with Gasteiger partial charge in [0.25, 0.3) is 0 Å². The molecule has 2 rings (SSSR count). The molecule has 0 radical (unpaired) electrons. The number of nitrogens with two attached hydrogens (primary N) is 1. The molecule has 1 aromatic heterocycles. The summed E-state index contributed by atoms with van der Waals surface area (Å²) in [6.07, 6.45) is 0. The van der Waals surface area contributed by atoms with Crippen molar-refractivity contribution in [2.75, 3.05) is 5.73 Å². The molecule has 0 amide bonds. The van der Waals surface area contributed by atoms with Gasteiger partial charge in [-0.3, -0.25) is 4.98 Å². The first-order valence-electron chi connectivity index (χ1n) is 4.59. The predicted octanol–water partition coefficient (Wildman–Crippen LogP) is 2.69. The summed E-state index contributed by atoms with van der Waals surface area (Å²) in [4.78, 5) is 4.30. The third-order valence-corrected chi connectivity index (χ3v) is 2.79. The fourth-order valence-corrected chi connectivity index (χ4v) is 2.07. The van der Waals surface area contributed by atoms with Gasteiger partial charge in [-0.2, -0.15) is 12.6 Å². The van der Waals surface area contributed by atoms with Crippen LogP contribution < -0.4 is 5.73 Å². The Balaban J connectivity index is 2.92. The lowest BCUT2D eigenvalue weighted by molar-refractivity contribution is 0.640. The number of aryl methyl sites for hydroxylation is 1. The van der Waals surface area contributed by atoms with Gasteiger partial charge in [0, 0.05) is 22.7 Å². The highest BCUT2D eigenvalue weighted by Crippen LogP contribution is 2.28. The highest BCUT2D eigenvalue weighted by Gasteiger charge is 2.11. The number of rotatable bonds is 1. The molecule has 0 unspecified atom stereocenters. The number of thiol groups is 1. The number of benzene rings is 1. The van der Waals surface area contributed by atoms with Gasteiger partial charge in [0.05, 0.1) is 10.9 Å². The normalized spacial score (nSPS) is 10.9. The number of nitrogens with zero attached hydrogens (tertiary/aromatic N) is 1. The lowest BCUT2D eigenvalue weighted by Gasteiger charge is -2.10. The Hall–Kier alpha value is -1.29. The molecule has 2 aromatic rings. The first-order chi connectivity index (χ1) is 7.15. The third kappa shape index (κ3) is 1.55. The molecule has 0 atom stereocenters. The van der Waals surface area contributed by atoms with E-state index in [-0.39, 0.29) is 5.82 Å². The molecule has 0 fully saturated rings. The molecular formula is C11H11FN2S. The Morgan fingerprint density at radius 3 is 2.87 bits per heavy atom. The molecule has 0 aliphatic heterocycles. The van der Waals surface area contributed by atoms with E-state index in [1.54, 1.807) is 12.1 Å². The summed E-state index contributed by atoms with van der Waals surface area (Å²) < 4.78 is 13.6. The maximum Gasteiger partial charge on any atom is 0.134 e. The molecule has 0 saturated carbocycles. The van der Waals surface area contributed by atoms with E-state index in [9.17, 15) is 4.39 Å². The van der Waals surface area contributed by atoms with Crippen LogP contribution in [0.25, 0.3) is 10.9 Å². The molecule has 1 heterocycles. The Bertz CT molecular complexity index is 525. The molecule has 2 N–H and O–H groups in total. The van der Waals surface area contributed by atoms with E-state index in [2.05, 4.69) is 17.6 Å². The van der Waals surface area contributed by atoms with Gasteiger partial charge >= 0.3 is 0 Å². The van der Waals surface area contributed by atoms with Crippen molar-refractivity contribution in [1.82, 2.24) is 4.98 Å². The van der Waals surface area contributed by atoms with Crippen molar-refractivity contribution in [3.63, 3.8) is 0 Å². The smallest absolute Gasteiger partial charge is 0.134 e. The van der Waals surface area contributed by atoms with Crippen LogP contribution in [0, 0.1) is 12.7 Å². The largest absolute Gasteiger partial charge is 0.398 e. The fraction of sp³-hybridized carbons (Fsp3) is 0.182. The monoisotopic (exact) mass is 222 g/mol. The zero-order chi connectivity index (χ0) is 11.0. The van der Waals surface area contributed by atoms with Crippen LogP contribution in [0.3, 0.4) is 0 Å². The number of aromatic nitrogens is 1. The maximum atomic E-state index is 13.6. The Kier molecular flexibility index (Phi) is 2.52. The quantitative estimate of drug-likeness (QED) is 0.728. The zero-order valence-corrected chi connectivity index (χ0v) is 9.18. The molecule has 15 heavy (non-hydrogen) atoms. The molecule has 4 heteroatoms. The number of anilines is 1. The van der Waals surface area contributed by atoms with Crippen LogP contribution in [0.15, 0.2) is 18.2 Å². The van der Waals surface area contributed by atoms with Crippen molar-refractivity contribution in [3.05, 3.63) is 35.3 Å². The Labute approximate surface area is 92.7 Å². The van der Waals surface area contributed by atoms with E-state index in [1.165, 1.54) is 6.07 Å². The van der Waals surface area contributed by atoms with Gasteiger partial charge < -0.3 is 5.73 Å². The topological polar surface area (TPSA) is 38.9 Å². The highest BCUT2D eigenvalue weighted by molar-refractivity contribution is 7.79. The molecule has 0 aliphatic rings. The summed E-state index contributed by atoms with van der Waals surface area (Å²) in [5.74, 6) is 0.134. The van der Waals surface area contributed by atoms with E-state index >= 15 is 0 Å². The van der Waals surface area contributed by atoms with E-state index in [4.69, 9.17) is 5.73 Å². The molecule has 0 saturated heterocycles. The van der Waals surface area contributed by atoms with Crippen molar-refractivity contribution < 1.29 is 4.39 Å². The summed E-state index contributed by atoms with van der Waals surface area (Å²) in [7, 11) is 0. The molecule has 0 spiro atoms. The number of hydrogen-bond donors (Lipinski definition) is 2. The second-order valence-electron chi connectivity index (χ2n) is 3.38. The minimum atomic E-state index is -0.333. The van der Waals surface area contributed by atoms with Crippen LogP contribution in [-0.4, -0.2) is 4.98 Å². The van der Waals surface area contributed by atoms with Gasteiger partial charge in [-0.05, 0) is 19.1 Å². The van der Waals surface area contributed by atoms with Crippen LogP contribution in [0.5, 0.6) is 0 Å². The number of fused-ring (bicyclic) bond motifs is 1. The minimum absolute atomic E-state index is 0.333. The lowest BCUT2D eigenvalue weighted by atomic mass is 10.1. The lowest BCUT2D eigenvalue weighted by Crippen LogP contribution is -2.01. The molecule has 0 bridgehead atoms. The number of nitrogen functional groups attached to an aromatic ring is 1. The van der Waals surface area contributed by atoms with E-state index < -0.39 is 0 Å². The summed E-state index contributed by atoms with van der Waals surface area (Å²) in [6, 6.07) is 4.77. The molecule has 78 valence electrons. The van der Waals surface area contributed by atoms with Crippen LogP contribution in [0.1, 0.15) is 11.3 Å². The average Bonchev–Trinajstić information content (AvgIpc) is 2.17. The van der Waals surface area contributed by atoms with Crippen LogP contribution in [-0.2, 0) is 5.75 Å². The van der Waals surface area contributed by atoms with Crippen LogP contribution >= 0.6 is 12.6 Å². The van der Waals surface area contributed by atoms with Gasteiger partial charge in [0.2, 0.25) is 0 Å². The number of halogens is 1. The van der Waals surface area contributed by atoms with Crippen molar-refractivity contribution in [1.29, 1.82) is 0 Å². The van der Waals surface area contributed by atoms with E-state index in [0.29, 0.717) is 22.3 Å². The maximum absolute atomic E-state index is 13.6. The van der Waals surface area contributed by atoms with Gasteiger partial charge in [-0.1, -0.05) is 6.07 Å². The standard InChI is InChI=1S/C11H11FN2S/c1-6-7(5-15)11(13)10-8(12)3-2-4-9(10)14-6/h2-4,15H,5H2,1H3,(H2,13,14). The molecule has 1 aromatic carbocycles. The number of pyridine rings is 1. The first-order valence-corrected chi connectivity index (χ1v) is 5.22. The first kappa shape index (κ1) is 10.2. The van der Waals surface area contributed by atoms with E-state index in [0.717, 1.165) is 11.3 Å². The Morgan fingerprint density at radius 2 is 2.20 bits per heavy atom. The predicted molar refractivity (Wildman–Crippen MR) is 63.5 cm³/mol. The molecular weight excluding hydrogens is 211 g/mol. The minimum Gasteiger partial charge on any atom is -0.398 e. The Morgan fingerprint density at radius 1 is 1.47 bits per heavy atom. The van der Waals surface area contributed by atoms with Crippen LogP contribution in [0.2, 0.25) is 0 Å². The van der Waals surface area contributed by atoms with Gasteiger partial charge in [-0.15, -0.1) is 0 Å². The van der Waals surface area contributed by atoms with Gasteiger partial charge in [-0.25, -0.2) is 4.39 Å². The summed E-state index contributed by atoms with van der Waals surface area (Å²) in [5.41, 5.74) is 8.55. The average molecular weight is 222 g/mol. The summed E-state index contributed by atoms with van der Waals surface area (Å²) >= 11 is 4.17. The highest BCUT2D eigenvalue weighted by atomic mass is 32.1. The van der Waals surface area contributed by atoms with Crippen molar-refractivity contribution in [3.8, 4) is 0 Å².